The number of piperidine rings is 1. The highest BCUT2D eigenvalue weighted by Gasteiger charge is 2.35. The summed E-state index contributed by atoms with van der Waals surface area (Å²) in [5.74, 6) is 0.315. The normalized spacial score (nSPS) is 18.3. The van der Waals surface area contributed by atoms with Gasteiger partial charge in [-0.15, -0.1) is 0 Å². The van der Waals surface area contributed by atoms with Gasteiger partial charge in [0, 0.05) is 69.7 Å². The Morgan fingerprint density at radius 2 is 1.62 bits per heavy atom. The summed E-state index contributed by atoms with van der Waals surface area (Å²) in [4.78, 5) is 42.7. The van der Waals surface area contributed by atoms with Crippen LogP contribution in [0.4, 0.5) is 0 Å². The van der Waals surface area contributed by atoms with Gasteiger partial charge in [-0.2, -0.15) is 0 Å². The molecule has 0 bridgehead atoms. The van der Waals surface area contributed by atoms with Crippen LogP contribution in [-0.4, -0.2) is 101 Å². The van der Waals surface area contributed by atoms with Crippen LogP contribution in [0.1, 0.15) is 65.9 Å². The predicted octanol–water partition coefficient (Wildman–Crippen LogP) is 2.91. The number of carbonyl (C=O) groups excluding carboxylic acids is 3. The van der Waals surface area contributed by atoms with Gasteiger partial charge in [-0.25, -0.2) is 10.0 Å². The van der Waals surface area contributed by atoms with Crippen molar-refractivity contribution >= 4 is 29.3 Å². The van der Waals surface area contributed by atoms with E-state index < -0.39 is 11.6 Å². The number of piperazine rings is 1. The van der Waals surface area contributed by atoms with Crippen LogP contribution >= 0.6 is 11.6 Å². The zero-order valence-corrected chi connectivity index (χ0v) is 25.8. The second-order valence-electron chi connectivity index (χ2n) is 12.2. The minimum absolute atomic E-state index is 0.0923. The molecule has 2 aliphatic heterocycles. The van der Waals surface area contributed by atoms with E-state index in [0.29, 0.717) is 42.9 Å². The van der Waals surface area contributed by atoms with E-state index in [1.165, 1.54) is 0 Å². The first-order valence-corrected chi connectivity index (χ1v) is 15.2. The molecule has 0 radical (unpaired) electrons. The number of nitrogens with two attached hydrogens (primary N) is 1. The molecule has 0 saturated carbocycles. The van der Waals surface area contributed by atoms with Crippen molar-refractivity contribution in [2.75, 3.05) is 45.8 Å². The molecule has 1 aromatic rings. The van der Waals surface area contributed by atoms with Crippen molar-refractivity contribution in [1.29, 1.82) is 0 Å². The lowest BCUT2D eigenvalue weighted by Crippen LogP contribution is -2.62. The monoisotopic (exact) mass is 576 g/mol. The number of nitrogens with one attached hydrogen (secondary N) is 1. The number of benzene rings is 1. The van der Waals surface area contributed by atoms with Crippen molar-refractivity contribution in [3.63, 3.8) is 0 Å². The second kappa shape index (κ2) is 14.6. The highest BCUT2D eigenvalue weighted by Crippen LogP contribution is 2.22. The molecular weight excluding hydrogens is 528 g/mol. The highest BCUT2D eigenvalue weighted by atomic mass is 35.5. The lowest BCUT2D eigenvalue weighted by molar-refractivity contribution is -0.146. The lowest BCUT2D eigenvalue weighted by atomic mass is 10.0. The summed E-state index contributed by atoms with van der Waals surface area (Å²) < 4.78 is 0. The Kier molecular flexibility index (Phi) is 11.8. The Bertz CT molecular complexity index is 980. The summed E-state index contributed by atoms with van der Waals surface area (Å²) in [6.45, 7) is 15.0. The molecule has 3 amide bonds. The summed E-state index contributed by atoms with van der Waals surface area (Å²) in [6, 6.07) is 7.02. The highest BCUT2D eigenvalue weighted by molar-refractivity contribution is 6.30. The molecule has 1 atom stereocenters. The van der Waals surface area contributed by atoms with Crippen LogP contribution in [0, 0.1) is 5.92 Å². The van der Waals surface area contributed by atoms with Gasteiger partial charge in [-0.05, 0) is 56.7 Å². The van der Waals surface area contributed by atoms with E-state index in [2.05, 4.69) is 29.2 Å². The molecule has 2 aliphatic rings. The Balaban J connectivity index is 1.65. The molecule has 0 unspecified atom stereocenters. The summed E-state index contributed by atoms with van der Waals surface area (Å²) >= 11 is 6.05. The first kappa shape index (κ1) is 32.3. The summed E-state index contributed by atoms with van der Waals surface area (Å²) in [7, 11) is 0. The van der Waals surface area contributed by atoms with Gasteiger partial charge in [0.2, 0.25) is 17.7 Å². The molecular formula is C30H49ClN6O3. The predicted molar refractivity (Wildman–Crippen MR) is 160 cm³/mol. The molecule has 2 saturated heterocycles. The fourth-order valence-corrected chi connectivity index (χ4v) is 5.57. The zero-order valence-electron chi connectivity index (χ0n) is 25.0. The van der Waals surface area contributed by atoms with Crippen LogP contribution in [0.3, 0.4) is 0 Å². The zero-order chi connectivity index (χ0) is 29.4. The lowest BCUT2D eigenvalue weighted by Gasteiger charge is -2.47. The number of hydrazine groups is 1. The Labute approximate surface area is 245 Å². The standard InChI is InChI=1S/C30H49ClN6O3/c1-6-7-27(38)34-14-12-25(13-15-34)37(21-22(2)3)36-18-16-35(17-19-36)28(39)26(33-29(40)30(4,5)32)20-23-8-10-24(31)11-9-23/h8-11,22,25-26H,6-7,12-21,32H2,1-5H3,(H,33,40)/t26-/m1/s1. The summed E-state index contributed by atoms with van der Waals surface area (Å²) in [5, 5.41) is 8.43. The molecule has 40 heavy (non-hydrogen) atoms. The van der Waals surface area contributed by atoms with Crippen LogP contribution in [0.25, 0.3) is 0 Å². The van der Waals surface area contributed by atoms with Gasteiger partial charge in [-0.1, -0.05) is 44.5 Å². The van der Waals surface area contributed by atoms with E-state index in [1.54, 1.807) is 26.0 Å². The van der Waals surface area contributed by atoms with Crippen molar-refractivity contribution in [2.24, 2.45) is 11.7 Å². The van der Waals surface area contributed by atoms with Gasteiger partial charge in [0.25, 0.3) is 0 Å². The van der Waals surface area contributed by atoms with Crippen LogP contribution in [0.5, 0.6) is 0 Å². The fraction of sp³-hybridized carbons (Fsp3) is 0.700. The first-order chi connectivity index (χ1) is 18.9. The van der Waals surface area contributed by atoms with Crippen molar-refractivity contribution < 1.29 is 14.4 Å². The van der Waals surface area contributed by atoms with Gasteiger partial charge in [0.1, 0.15) is 6.04 Å². The smallest absolute Gasteiger partial charge is 0.245 e. The average molecular weight is 577 g/mol. The van der Waals surface area contributed by atoms with E-state index >= 15 is 0 Å². The van der Waals surface area contributed by atoms with Crippen molar-refractivity contribution in [1.82, 2.24) is 25.1 Å². The number of likely N-dealkylation sites (tertiary alicyclic amines) is 1. The van der Waals surface area contributed by atoms with Gasteiger partial charge >= 0.3 is 0 Å². The molecule has 224 valence electrons. The Morgan fingerprint density at radius 3 is 2.15 bits per heavy atom. The second-order valence-corrected chi connectivity index (χ2v) is 12.7. The minimum atomic E-state index is -1.09. The maximum Gasteiger partial charge on any atom is 0.245 e. The molecule has 0 spiro atoms. The van der Waals surface area contributed by atoms with E-state index in [9.17, 15) is 14.4 Å². The topological polar surface area (TPSA) is 102 Å². The molecule has 1 aromatic carbocycles. The van der Waals surface area contributed by atoms with Crippen LogP contribution in [-0.2, 0) is 20.8 Å². The maximum absolute atomic E-state index is 13.7. The van der Waals surface area contributed by atoms with Crippen molar-refractivity contribution in [3.05, 3.63) is 34.9 Å². The van der Waals surface area contributed by atoms with E-state index in [4.69, 9.17) is 17.3 Å². The van der Waals surface area contributed by atoms with Gasteiger partial charge in [-0.3, -0.25) is 14.4 Å². The summed E-state index contributed by atoms with van der Waals surface area (Å²) in [5.41, 5.74) is 5.86. The van der Waals surface area contributed by atoms with Crippen molar-refractivity contribution in [2.45, 2.75) is 84.3 Å². The molecule has 0 aromatic heterocycles. The largest absolute Gasteiger partial charge is 0.343 e. The minimum Gasteiger partial charge on any atom is -0.343 e. The number of rotatable bonds is 11. The van der Waals surface area contributed by atoms with E-state index in [-0.39, 0.29) is 17.7 Å². The van der Waals surface area contributed by atoms with E-state index in [1.807, 2.05) is 28.9 Å². The van der Waals surface area contributed by atoms with Crippen LogP contribution in [0.2, 0.25) is 5.02 Å². The molecule has 3 N–H and O–H groups in total. The number of carbonyl (C=O) groups is 3. The average Bonchev–Trinajstić information content (AvgIpc) is 2.92. The van der Waals surface area contributed by atoms with Crippen LogP contribution < -0.4 is 11.1 Å². The van der Waals surface area contributed by atoms with Gasteiger partial charge in [0.15, 0.2) is 0 Å². The third kappa shape index (κ3) is 9.16. The fourth-order valence-electron chi connectivity index (χ4n) is 5.45. The third-order valence-corrected chi connectivity index (χ3v) is 7.98. The quantitative estimate of drug-likeness (QED) is 0.420. The van der Waals surface area contributed by atoms with Crippen molar-refractivity contribution in [3.8, 4) is 0 Å². The number of nitrogens with zero attached hydrogens (tertiary/aromatic N) is 4. The molecule has 3 rings (SSSR count). The molecule has 9 nitrogen and oxygen atoms in total. The summed E-state index contributed by atoms with van der Waals surface area (Å²) in [6.07, 6.45) is 3.80. The number of halogens is 1. The van der Waals surface area contributed by atoms with Gasteiger partial charge in [0.05, 0.1) is 5.54 Å². The number of hydrogen-bond acceptors (Lipinski definition) is 6. The Morgan fingerprint density at radius 1 is 1.02 bits per heavy atom. The SMILES string of the molecule is CCCC(=O)N1CCC(N(CC(C)C)N2CCN(C(=O)[C@@H](Cc3ccc(Cl)cc3)NC(=O)C(C)(C)N)CC2)CC1. The Hall–Kier alpha value is -2.20. The van der Waals surface area contributed by atoms with Gasteiger partial charge < -0.3 is 20.9 Å². The number of amides is 3. The molecule has 2 heterocycles. The maximum atomic E-state index is 13.7. The first-order valence-electron chi connectivity index (χ1n) is 14.8. The molecule has 0 aliphatic carbocycles. The number of hydrogen-bond donors (Lipinski definition) is 2. The molecule has 10 heteroatoms. The van der Waals surface area contributed by atoms with Crippen LogP contribution in [0.15, 0.2) is 24.3 Å². The van der Waals surface area contributed by atoms with E-state index in [0.717, 1.165) is 57.5 Å². The third-order valence-electron chi connectivity index (χ3n) is 7.73. The molecule has 2 fully saturated rings.